The summed E-state index contributed by atoms with van der Waals surface area (Å²) in [6.07, 6.45) is 58.3. The quantitative estimate of drug-likeness (QED) is 0.0327. The maximum Gasteiger partial charge on any atom is 0.169 e. The van der Waals surface area contributed by atoms with E-state index in [9.17, 15) is 0 Å². The molecule has 0 aliphatic carbocycles. The number of benzene rings is 2. The number of aromatic nitrogens is 2. The van der Waals surface area contributed by atoms with Crippen molar-refractivity contribution in [3.63, 3.8) is 0 Å². The standard InChI is InChI=1S/C65H100N2O2/c1-5-7-9-11-13-15-17-19-21-23-25-27-29-31-33-35-53-68-64-41-37-58(38-42-64)55-62(60-45-49-66(3)50-46-60)57-63(61-47-51-67(4)52-48-61)56-59-39-43-65(44-40-59)69-54-36-34-32-30-28-26-24-22-20-18-16-14-12-10-8-6-2/h37-52,55-56H,5-36,53-54,57H2,1-4H3/q+2/b62-55-,63-56+. The summed E-state index contributed by atoms with van der Waals surface area (Å²) in [5, 5.41) is 0. The summed E-state index contributed by atoms with van der Waals surface area (Å²) in [5.74, 6) is 1.91. The van der Waals surface area contributed by atoms with Crippen LogP contribution in [-0.4, -0.2) is 13.2 Å². The lowest BCUT2D eigenvalue weighted by molar-refractivity contribution is -0.671. The van der Waals surface area contributed by atoms with E-state index in [0.29, 0.717) is 0 Å². The van der Waals surface area contributed by atoms with Crippen LogP contribution >= 0.6 is 0 Å². The summed E-state index contributed by atoms with van der Waals surface area (Å²) >= 11 is 0. The molecule has 69 heavy (non-hydrogen) atoms. The van der Waals surface area contributed by atoms with E-state index in [1.165, 1.54) is 226 Å². The predicted octanol–water partition coefficient (Wildman–Crippen LogP) is 18.8. The molecule has 2 aromatic heterocycles. The molecular formula is C65H100N2O2+2. The molecule has 0 atom stereocenters. The molecule has 0 radical (unpaired) electrons. The van der Waals surface area contributed by atoms with Gasteiger partial charge in [0.15, 0.2) is 24.8 Å². The van der Waals surface area contributed by atoms with E-state index in [2.05, 4.69) is 147 Å². The lowest BCUT2D eigenvalue weighted by Gasteiger charge is -2.13. The van der Waals surface area contributed by atoms with Gasteiger partial charge in [-0.2, -0.15) is 0 Å². The van der Waals surface area contributed by atoms with Crippen molar-refractivity contribution in [1.29, 1.82) is 0 Å². The van der Waals surface area contributed by atoms with Gasteiger partial charge >= 0.3 is 0 Å². The third-order valence-electron chi connectivity index (χ3n) is 14.1. The zero-order valence-corrected chi connectivity index (χ0v) is 44.9. The highest BCUT2D eigenvalue weighted by Gasteiger charge is 2.12. The van der Waals surface area contributed by atoms with E-state index in [-0.39, 0.29) is 0 Å². The van der Waals surface area contributed by atoms with Crippen molar-refractivity contribution in [2.75, 3.05) is 13.2 Å². The van der Waals surface area contributed by atoms with Gasteiger partial charge in [0.05, 0.1) is 13.2 Å². The fourth-order valence-corrected chi connectivity index (χ4v) is 9.51. The number of nitrogens with zero attached hydrogens (tertiary/aromatic N) is 2. The van der Waals surface area contributed by atoms with Gasteiger partial charge in [0.25, 0.3) is 0 Å². The zero-order valence-electron chi connectivity index (χ0n) is 44.9. The van der Waals surface area contributed by atoms with Crippen molar-refractivity contribution in [2.45, 2.75) is 226 Å². The van der Waals surface area contributed by atoms with Gasteiger partial charge in [-0.1, -0.05) is 243 Å². The third-order valence-corrected chi connectivity index (χ3v) is 14.1. The van der Waals surface area contributed by atoms with Crippen molar-refractivity contribution in [3.8, 4) is 11.5 Å². The van der Waals surface area contributed by atoms with Gasteiger partial charge < -0.3 is 9.47 Å². The summed E-state index contributed by atoms with van der Waals surface area (Å²) in [6.45, 7) is 6.17. The average Bonchev–Trinajstić information content (AvgIpc) is 3.37. The van der Waals surface area contributed by atoms with E-state index in [4.69, 9.17) is 9.47 Å². The van der Waals surface area contributed by atoms with E-state index in [0.717, 1.165) is 44.0 Å². The Morgan fingerprint density at radius 2 is 0.580 bits per heavy atom. The molecule has 0 fully saturated rings. The van der Waals surface area contributed by atoms with E-state index in [1.807, 2.05) is 0 Å². The molecule has 2 heterocycles. The van der Waals surface area contributed by atoms with E-state index in [1.54, 1.807) is 0 Å². The Kier molecular flexibility index (Phi) is 32.1. The van der Waals surface area contributed by atoms with E-state index >= 15 is 0 Å². The molecule has 4 aromatic rings. The van der Waals surface area contributed by atoms with Crippen LogP contribution in [0.3, 0.4) is 0 Å². The number of pyridine rings is 2. The Morgan fingerprint density at radius 3 is 0.841 bits per heavy atom. The van der Waals surface area contributed by atoms with Crippen LogP contribution in [0.1, 0.15) is 248 Å². The second-order valence-corrected chi connectivity index (χ2v) is 20.5. The van der Waals surface area contributed by atoms with Crippen molar-refractivity contribution in [3.05, 3.63) is 120 Å². The summed E-state index contributed by atoms with van der Waals surface area (Å²) < 4.78 is 16.6. The molecule has 380 valence electrons. The number of rotatable bonds is 42. The fourth-order valence-electron chi connectivity index (χ4n) is 9.51. The van der Waals surface area contributed by atoms with Crippen LogP contribution in [0.15, 0.2) is 97.6 Å². The molecule has 0 saturated carbocycles. The second-order valence-electron chi connectivity index (χ2n) is 20.5. The molecule has 0 unspecified atom stereocenters. The molecule has 0 spiro atoms. The molecule has 2 aromatic carbocycles. The largest absolute Gasteiger partial charge is 0.494 e. The Morgan fingerprint density at radius 1 is 0.333 bits per heavy atom. The van der Waals surface area contributed by atoms with Gasteiger partial charge in [0.1, 0.15) is 25.6 Å². The Labute approximate surface area is 424 Å². The summed E-state index contributed by atoms with van der Waals surface area (Å²) in [7, 11) is 4.16. The van der Waals surface area contributed by atoms with Gasteiger partial charge in [-0.15, -0.1) is 0 Å². The Hall–Kier alpha value is -4.18. The van der Waals surface area contributed by atoms with Gasteiger partial charge in [0.2, 0.25) is 0 Å². The van der Waals surface area contributed by atoms with Gasteiger partial charge in [-0.3, -0.25) is 0 Å². The van der Waals surface area contributed by atoms with Crippen molar-refractivity contribution >= 4 is 23.3 Å². The second kappa shape index (κ2) is 38.6. The topological polar surface area (TPSA) is 26.2 Å². The molecule has 0 N–H and O–H groups in total. The molecule has 0 bridgehead atoms. The van der Waals surface area contributed by atoms with Gasteiger partial charge in [-0.25, -0.2) is 9.13 Å². The molecule has 4 rings (SSSR count). The monoisotopic (exact) mass is 941 g/mol. The lowest BCUT2D eigenvalue weighted by Crippen LogP contribution is -2.26. The Bertz CT molecular complexity index is 1740. The number of hydrogen-bond acceptors (Lipinski definition) is 2. The zero-order chi connectivity index (χ0) is 48.7. The number of ether oxygens (including phenoxy) is 2. The highest BCUT2D eigenvalue weighted by molar-refractivity contribution is 5.93. The smallest absolute Gasteiger partial charge is 0.169 e. The first-order chi connectivity index (χ1) is 34.0. The van der Waals surface area contributed by atoms with Crippen LogP contribution in [0.5, 0.6) is 11.5 Å². The molecule has 4 nitrogen and oxygen atoms in total. The summed E-state index contributed by atoms with van der Waals surface area (Å²) in [4.78, 5) is 0. The maximum absolute atomic E-state index is 6.22. The highest BCUT2D eigenvalue weighted by atomic mass is 16.5. The molecular weight excluding hydrogens is 841 g/mol. The van der Waals surface area contributed by atoms with Gasteiger partial charge in [0, 0.05) is 24.3 Å². The summed E-state index contributed by atoms with van der Waals surface area (Å²) in [5.41, 5.74) is 7.35. The number of unbranched alkanes of at least 4 members (excludes halogenated alkanes) is 30. The minimum atomic E-state index is 0.787. The van der Waals surface area contributed by atoms with Crippen LogP contribution in [0.2, 0.25) is 0 Å². The van der Waals surface area contributed by atoms with Crippen molar-refractivity contribution < 1.29 is 18.6 Å². The summed E-state index contributed by atoms with van der Waals surface area (Å²) in [6, 6.07) is 26.3. The van der Waals surface area contributed by atoms with Crippen LogP contribution < -0.4 is 18.6 Å². The lowest BCUT2D eigenvalue weighted by atomic mass is 9.92. The minimum Gasteiger partial charge on any atom is -0.494 e. The Balaban J connectivity index is 1.20. The predicted molar refractivity (Wildman–Crippen MR) is 299 cm³/mol. The highest BCUT2D eigenvalue weighted by Crippen LogP contribution is 2.32. The molecule has 0 aliphatic rings. The average molecular weight is 942 g/mol. The van der Waals surface area contributed by atoms with Gasteiger partial charge in [-0.05, 0) is 76.9 Å². The van der Waals surface area contributed by atoms with Crippen LogP contribution in [0, 0.1) is 0 Å². The SMILES string of the molecule is CCCCCCCCCCCCCCCCCCOc1ccc(/C=C(/C/C(=C\c2ccc(OCCCCCCCCCCCCCCCCCC)cc2)c2cc[n+](C)cc2)c2cc[n+](C)cc2)cc1. The third kappa shape index (κ3) is 27.7. The fraction of sp³-hybridized carbons (Fsp3) is 0.600. The minimum absolute atomic E-state index is 0.787. The van der Waals surface area contributed by atoms with Crippen LogP contribution in [0.25, 0.3) is 23.3 Å². The molecule has 4 heteroatoms. The van der Waals surface area contributed by atoms with E-state index < -0.39 is 0 Å². The molecule has 0 aliphatic heterocycles. The van der Waals surface area contributed by atoms with Crippen LogP contribution in [0.4, 0.5) is 0 Å². The number of hydrogen-bond donors (Lipinski definition) is 0. The van der Waals surface area contributed by atoms with Crippen molar-refractivity contribution in [2.24, 2.45) is 14.1 Å². The van der Waals surface area contributed by atoms with Crippen LogP contribution in [-0.2, 0) is 14.1 Å². The normalized spacial score (nSPS) is 11.9. The first-order valence-electron chi connectivity index (χ1n) is 28.8. The molecule has 0 amide bonds. The first-order valence-corrected chi connectivity index (χ1v) is 28.8. The number of aryl methyl sites for hydroxylation is 2. The maximum atomic E-state index is 6.22. The van der Waals surface area contributed by atoms with Crippen molar-refractivity contribution in [1.82, 2.24) is 0 Å². The first kappa shape index (κ1) is 57.4. The molecule has 0 saturated heterocycles. The number of allylic oxidation sites excluding steroid dienone is 2.